The van der Waals surface area contributed by atoms with Crippen LogP contribution in [0.15, 0.2) is 6.20 Å². The average Bonchev–Trinajstić information content (AvgIpc) is 3.56. The Bertz CT molecular complexity index is 752. The van der Waals surface area contributed by atoms with Crippen molar-refractivity contribution in [2.45, 2.75) is 52.7 Å². The van der Waals surface area contributed by atoms with Gasteiger partial charge >= 0.3 is 0 Å². The quantitative estimate of drug-likeness (QED) is 0.100. The summed E-state index contributed by atoms with van der Waals surface area (Å²) in [4.78, 5) is 0. The third-order valence-electron chi connectivity index (χ3n) is 6.38. The minimum Gasteiger partial charge on any atom is -0.380 e. The fourth-order valence-electron chi connectivity index (χ4n) is 3.84. The van der Waals surface area contributed by atoms with Gasteiger partial charge in [-0.15, -0.1) is 5.10 Å². The van der Waals surface area contributed by atoms with E-state index in [1.165, 1.54) is 19.3 Å². The predicted octanol–water partition coefficient (Wildman–Crippen LogP) is 2.15. The molecule has 0 aliphatic heterocycles. The molecule has 0 saturated heterocycles. The van der Waals surface area contributed by atoms with Crippen LogP contribution in [0, 0.1) is 0 Å². The summed E-state index contributed by atoms with van der Waals surface area (Å²) < 4.78 is 62.3. The first-order valence-corrected chi connectivity index (χ1v) is 17.8. The van der Waals surface area contributed by atoms with Gasteiger partial charge in [0.25, 0.3) is 0 Å². The maximum atomic E-state index is 5.57. The van der Waals surface area contributed by atoms with E-state index in [9.17, 15) is 0 Å². The van der Waals surface area contributed by atoms with Crippen LogP contribution in [0.25, 0.3) is 0 Å². The highest BCUT2D eigenvalue weighted by Crippen LogP contribution is 1.97. The first kappa shape index (κ1) is 44.7. The monoisotopic (exact) mass is 694 g/mol. The SMILES string of the molecule is CCCCCNCCOCCOCCOCCOCCOCCOCCOCCOCCOCCOCc1cn(CCOCCC)nn1. The Balaban J connectivity index is 1.65. The summed E-state index contributed by atoms with van der Waals surface area (Å²) in [6.45, 7) is 18.9. The maximum Gasteiger partial charge on any atom is 0.108 e. The third kappa shape index (κ3) is 33.2. The second kappa shape index (κ2) is 38.5. The summed E-state index contributed by atoms with van der Waals surface area (Å²) in [7, 11) is 0. The number of nitrogens with zero attached hydrogens (tertiary/aromatic N) is 3. The number of ether oxygens (including phenoxy) is 11. The van der Waals surface area contributed by atoms with Crippen LogP contribution in [0.2, 0.25) is 0 Å². The van der Waals surface area contributed by atoms with Crippen molar-refractivity contribution in [1.82, 2.24) is 20.3 Å². The molecule has 0 amide bonds. The van der Waals surface area contributed by atoms with E-state index in [1.807, 2.05) is 6.20 Å². The molecule has 0 unspecified atom stereocenters. The smallest absolute Gasteiger partial charge is 0.108 e. The zero-order valence-electron chi connectivity index (χ0n) is 29.9. The number of hydrogen-bond acceptors (Lipinski definition) is 14. The molecule has 15 nitrogen and oxygen atoms in total. The van der Waals surface area contributed by atoms with E-state index in [2.05, 4.69) is 29.5 Å². The van der Waals surface area contributed by atoms with E-state index in [0.717, 1.165) is 31.8 Å². The zero-order valence-corrected chi connectivity index (χ0v) is 29.9. The van der Waals surface area contributed by atoms with Crippen molar-refractivity contribution in [2.24, 2.45) is 0 Å². The molecular formula is C33H66N4O11. The van der Waals surface area contributed by atoms with Crippen LogP contribution >= 0.6 is 0 Å². The Kier molecular flexibility index (Phi) is 35.8. The Labute approximate surface area is 288 Å². The summed E-state index contributed by atoms with van der Waals surface area (Å²) >= 11 is 0. The van der Waals surface area contributed by atoms with Crippen molar-refractivity contribution in [3.05, 3.63) is 11.9 Å². The first-order chi connectivity index (χ1) is 23.9. The highest BCUT2D eigenvalue weighted by atomic mass is 16.6. The number of hydrogen-bond donors (Lipinski definition) is 1. The molecule has 0 fully saturated rings. The highest BCUT2D eigenvalue weighted by Gasteiger charge is 2.02. The lowest BCUT2D eigenvalue weighted by molar-refractivity contribution is -0.0267. The lowest BCUT2D eigenvalue weighted by Crippen LogP contribution is -2.21. The molecule has 1 aromatic rings. The van der Waals surface area contributed by atoms with Gasteiger partial charge in [0.15, 0.2) is 0 Å². The van der Waals surface area contributed by atoms with Crippen molar-refractivity contribution >= 4 is 0 Å². The lowest BCUT2D eigenvalue weighted by Gasteiger charge is -2.09. The Morgan fingerprint density at radius 1 is 0.458 bits per heavy atom. The molecule has 0 spiro atoms. The van der Waals surface area contributed by atoms with Crippen molar-refractivity contribution in [3.63, 3.8) is 0 Å². The number of unbranched alkanes of at least 4 members (excludes halogenated alkanes) is 2. The predicted molar refractivity (Wildman–Crippen MR) is 181 cm³/mol. The van der Waals surface area contributed by atoms with Crippen molar-refractivity contribution in [2.75, 3.05) is 152 Å². The molecule has 15 heteroatoms. The van der Waals surface area contributed by atoms with E-state index in [4.69, 9.17) is 52.1 Å². The molecule has 0 saturated carbocycles. The molecule has 0 aliphatic carbocycles. The minimum absolute atomic E-state index is 0.405. The van der Waals surface area contributed by atoms with Gasteiger partial charge < -0.3 is 57.4 Å². The standard InChI is InChI=1S/C33H66N4O11/c1-3-5-6-7-34-8-11-39-13-14-40-15-16-41-17-18-42-19-20-43-21-22-44-23-24-45-25-26-46-27-28-47-29-30-48-32-33-31-37(36-35-33)9-12-38-10-4-2/h31,34H,3-30,32H2,1-2H3. The summed E-state index contributed by atoms with van der Waals surface area (Å²) in [6.07, 6.45) is 6.64. The number of aromatic nitrogens is 3. The topological polar surface area (TPSA) is 144 Å². The molecule has 1 heterocycles. The largest absolute Gasteiger partial charge is 0.380 e. The highest BCUT2D eigenvalue weighted by molar-refractivity contribution is 4.89. The van der Waals surface area contributed by atoms with Crippen molar-refractivity contribution in [3.8, 4) is 0 Å². The van der Waals surface area contributed by atoms with Gasteiger partial charge in [-0.05, 0) is 19.4 Å². The lowest BCUT2D eigenvalue weighted by atomic mass is 10.2. The molecule has 0 aromatic carbocycles. The fraction of sp³-hybridized carbons (Fsp3) is 0.939. The summed E-state index contributed by atoms with van der Waals surface area (Å²) in [6, 6.07) is 0. The average molecular weight is 695 g/mol. The van der Waals surface area contributed by atoms with Gasteiger partial charge in [0.1, 0.15) is 5.69 Å². The summed E-state index contributed by atoms with van der Waals surface area (Å²) in [5.41, 5.74) is 0.790. The molecule has 1 N–H and O–H groups in total. The molecule has 1 rings (SSSR count). The molecule has 0 radical (unpaired) electrons. The fourth-order valence-corrected chi connectivity index (χ4v) is 3.84. The van der Waals surface area contributed by atoms with Crippen LogP contribution in [-0.4, -0.2) is 167 Å². The van der Waals surface area contributed by atoms with Gasteiger partial charge in [-0.3, -0.25) is 0 Å². The van der Waals surface area contributed by atoms with E-state index >= 15 is 0 Å². The molecule has 1 aromatic heterocycles. The summed E-state index contributed by atoms with van der Waals surface area (Å²) in [5.74, 6) is 0. The van der Waals surface area contributed by atoms with Gasteiger partial charge in [0.05, 0.1) is 151 Å². The Hall–Kier alpha value is -1.34. The number of nitrogens with one attached hydrogen (secondary N) is 1. The molecule has 0 atom stereocenters. The number of rotatable bonds is 41. The van der Waals surface area contributed by atoms with Crippen molar-refractivity contribution in [1.29, 1.82) is 0 Å². The Morgan fingerprint density at radius 2 is 0.875 bits per heavy atom. The molecule has 0 bridgehead atoms. The second-order valence-corrected chi connectivity index (χ2v) is 10.6. The van der Waals surface area contributed by atoms with Crippen LogP contribution in [-0.2, 0) is 65.3 Å². The van der Waals surface area contributed by atoms with E-state index in [1.54, 1.807) is 4.68 Å². The van der Waals surface area contributed by atoms with E-state index in [0.29, 0.717) is 145 Å². The van der Waals surface area contributed by atoms with Gasteiger partial charge in [0, 0.05) is 13.2 Å². The van der Waals surface area contributed by atoms with Crippen LogP contribution in [0.4, 0.5) is 0 Å². The van der Waals surface area contributed by atoms with E-state index in [-0.39, 0.29) is 0 Å². The van der Waals surface area contributed by atoms with Crippen LogP contribution in [0.1, 0.15) is 45.2 Å². The molecule has 284 valence electrons. The first-order valence-electron chi connectivity index (χ1n) is 17.8. The van der Waals surface area contributed by atoms with Crippen LogP contribution in [0.5, 0.6) is 0 Å². The maximum absolute atomic E-state index is 5.57. The van der Waals surface area contributed by atoms with Crippen molar-refractivity contribution < 1.29 is 52.1 Å². The molecular weight excluding hydrogens is 628 g/mol. The normalized spacial score (nSPS) is 11.6. The molecule has 48 heavy (non-hydrogen) atoms. The molecule has 0 aliphatic rings. The van der Waals surface area contributed by atoms with Crippen LogP contribution in [0.3, 0.4) is 0 Å². The van der Waals surface area contributed by atoms with Crippen LogP contribution < -0.4 is 5.32 Å². The van der Waals surface area contributed by atoms with E-state index < -0.39 is 0 Å². The van der Waals surface area contributed by atoms with Gasteiger partial charge in [-0.2, -0.15) is 0 Å². The minimum atomic E-state index is 0.405. The summed E-state index contributed by atoms with van der Waals surface area (Å²) in [5, 5.41) is 11.5. The third-order valence-corrected chi connectivity index (χ3v) is 6.38. The van der Waals surface area contributed by atoms with Gasteiger partial charge in [-0.25, -0.2) is 4.68 Å². The van der Waals surface area contributed by atoms with Gasteiger partial charge in [-0.1, -0.05) is 31.9 Å². The Morgan fingerprint density at radius 3 is 1.31 bits per heavy atom. The van der Waals surface area contributed by atoms with Gasteiger partial charge in [0.2, 0.25) is 0 Å². The second-order valence-electron chi connectivity index (χ2n) is 10.6. The zero-order chi connectivity index (χ0) is 34.3.